The highest BCUT2D eigenvalue weighted by Crippen LogP contribution is 2.21. The first kappa shape index (κ1) is 16.1. The Balaban J connectivity index is 0.00000147. The second-order valence-corrected chi connectivity index (χ2v) is 6.72. The number of carbonyl (C=O) groups is 1. The average molecular weight is 302 g/mol. The maximum absolute atomic E-state index is 12.4. The van der Waals surface area contributed by atoms with Gasteiger partial charge in [0.2, 0.25) is 5.91 Å². The summed E-state index contributed by atoms with van der Waals surface area (Å²) < 4.78 is 0. The summed E-state index contributed by atoms with van der Waals surface area (Å²) >= 11 is 0. The van der Waals surface area contributed by atoms with Crippen LogP contribution in [0.1, 0.15) is 39.0 Å². The molecule has 116 valence electrons. The van der Waals surface area contributed by atoms with Crippen molar-refractivity contribution in [2.75, 3.05) is 32.7 Å². The van der Waals surface area contributed by atoms with Crippen molar-refractivity contribution in [1.82, 2.24) is 15.1 Å². The molecule has 0 aromatic carbocycles. The standard InChI is InChI=1S/C15H27N3O.ClH/c1-12-4-8-18(9-5-12)15(19)11-17-7-6-13-2-3-14(10-17)16-13;/h12-14,16H,2-11H2,1H3;1H. The molecule has 0 aromatic rings. The van der Waals surface area contributed by atoms with Crippen LogP contribution in [-0.2, 0) is 4.79 Å². The van der Waals surface area contributed by atoms with E-state index in [4.69, 9.17) is 0 Å². The van der Waals surface area contributed by atoms with Gasteiger partial charge in [-0.05, 0) is 38.0 Å². The van der Waals surface area contributed by atoms with Crippen molar-refractivity contribution in [3.8, 4) is 0 Å². The second kappa shape index (κ2) is 7.10. The zero-order valence-electron chi connectivity index (χ0n) is 12.5. The highest BCUT2D eigenvalue weighted by Gasteiger charge is 2.30. The molecule has 1 amide bonds. The highest BCUT2D eigenvalue weighted by atomic mass is 35.5. The van der Waals surface area contributed by atoms with E-state index in [1.165, 1.54) is 32.1 Å². The summed E-state index contributed by atoms with van der Waals surface area (Å²) in [5.41, 5.74) is 0. The fraction of sp³-hybridized carbons (Fsp3) is 0.933. The first-order valence-electron chi connectivity index (χ1n) is 7.97. The van der Waals surface area contributed by atoms with Gasteiger partial charge in [0, 0.05) is 38.3 Å². The number of hydrogen-bond donors (Lipinski definition) is 1. The lowest BCUT2D eigenvalue weighted by Gasteiger charge is -2.32. The van der Waals surface area contributed by atoms with E-state index in [2.05, 4.69) is 22.0 Å². The third-order valence-corrected chi connectivity index (χ3v) is 5.10. The van der Waals surface area contributed by atoms with Gasteiger partial charge in [0.1, 0.15) is 0 Å². The van der Waals surface area contributed by atoms with Crippen molar-refractivity contribution in [1.29, 1.82) is 0 Å². The van der Waals surface area contributed by atoms with Gasteiger partial charge in [-0.3, -0.25) is 9.69 Å². The maximum atomic E-state index is 12.4. The van der Waals surface area contributed by atoms with E-state index >= 15 is 0 Å². The lowest BCUT2D eigenvalue weighted by molar-refractivity contribution is -0.133. The lowest BCUT2D eigenvalue weighted by Crippen LogP contribution is -2.45. The maximum Gasteiger partial charge on any atom is 0.236 e. The number of carbonyl (C=O) groups excluding carboxylic acids is 1. The van der Waals surface area contributed by atoms with E-state index in [1.54, 1.807) is 0 Å². The third kappa shape index (κ3) is 3.86. The fourth-order valence-corrected chi connectivity index (χ4v) is 3.71. The topological polar surface area (TPSA) is 35.6 Å². The summed E-state index contributed by atoms with van der Waals surface area (Å²) in [6.45, 7) is 7.02. The van der Waals surface area contributed by atoms with Crippen LogP contribution in [0, 0.1) is 5.92 Å². The molecule has 1 N–H and O–H groups in total. The van der Waals surface area contributed by atoms with Crippen molar-refractivity contribution in [2.45, 2.75) is 51.1 Å². The van der Waals surface area contributed by atoms with Crippen LogP contribution in [-0.4, -0.2) is 60.5 Å². The lowest BCUT2D eigenvalue weighted by atomic mass is 9.99. The number of piperidine rings is 1. The van der Waals surface area contributed by atoms with Gasteiger partial charge < -0.3 is 10.2 Å². The molecule has 0 saturated carbocycles. The molecule has 2 unspecified atom stereocenters. The van der Waals surface area contributed by atoms with Gasteiger partial charge in [0.15, 0.2) is 0 Å². The summed E-state index contributed by atoms with van der Waals surface area (Å²) in [5.74, 6) is 1.15. The third-order valence-electron chi connectivity index (χ3n) is 5.10. The number of fused-ring (bicyclic) bond motifs is 2. The number of rotatable bonds is 2. The average Bonchev–Trinajstić information content (AvgIpc) is 2.73. The Hall–Kier alpha value is -0.320. The normalized spacial score (nSPS) is 31.8. The van der Waals surface area contributed by atoms with Crippen LogP contribution in [0.15, 0.2) is 0 Å². The SMILES string of the molecule is CC1CCN(C(=O)CN2CCC3CCC(C2)N3)CC1.Cl. The molecular weight excluding hydrogens is 274 g/mol. The molecule has 3 heterocycles. The van der Waals surface area contributed by atoms with Gasteiger partial charge in [0.05, 0.1) is 6.54 Å². The molecule has 0 aromatic heterocycles. The summed E-state index contributed by atoms with van der Waals surface area (Å²) in [4.78, 5) is 16.8. The van der Waals surface area contributed by atoms with Gasteiger partial charge in [-0.25, -0.2) is 0 Å². The monoisotopic (exact) mass is 301 g/mol. The van der Waals surface area contributed by atoms with Crippen LogP contribution in [0.2, 0.25) is 0 Å². The molecule has 3 fully saturated rings. The Morgan fingerprint density at radius 1 is 1.05 bits per heavy atom. The first-order chi connectivity index (χ1) is 9.20. The Morgan fingerprint density at radius 3 is 2.50 bits per heavy atom. The van der Waals surface area contributed by atoms with Crippen molar-refractivity contribution >= 4 is 18.3 Å². The van der Waals surface area contributed by atoms with Crippen LogP contribution in [0.5, 0.6) is 0 Å². The molecule has 0 aliphatic carbocycles. The molecule has 20 heavy (non-hydrogen) atoms. The molecule has 4 nitrogen and oxygen atoms in total. The number of hydrogen-bond acceptors (Lipinski definition) is 3. The minimum Gasteiger partial charge on any atom is -0.342 e. The smallest absolute Gasteiger partial charge is 0.236 e. The van der Waals surface area contributed by atoms with Gasteiger partial charge in [0.25, 0.3) is 0 Å². The molecule has 3 rings (SSSR count). The van der Waals surface area contributed by atoms with Crippen LogP contribution >= 0.6 is 12.4 Å². The molecule has 3 saturated heterocycles. The van der Waals surface area contributed by atoms with Gasteiger partial charge >= 0.3 is 0 Å². The number of halogens is 1. The predicted molar refractivity (Wildman–Crippen MR) is 83.2 cm³/mol. The summed E-state index contributed by atoms with van der Waals surface area (Å²) in [5, 5.41) is 3.67. The number of amides is 1. The summed E-state index contributed by atoms with van der Waals surface area (Å²) in [7, 11) is 0. The molecular formula is C15H28ClN3O. The summed E-state index contributed by atoms with van der Waals surface area (Å²) in [6.07, 6.45) is 6.18. The highest BCUT2D eigenvalue weighted by molar-refractivity contribution is 5.85. The zero-order valence-corrected chi connectivity index (χ0v) is 13.3. The van der Waals surface area contributed by atoms with Crippen LogP contribution in [0.4, 0.5) is 0 Å². The molecule has 2 bridgehead atoms. The van der Waals surface area contributed by atoms with E-state index < -0.39 is 0 Å². The quantitative estimate of drug-likeness (QED) is 0.839. The van der Waals surface area contributed by atoms with E-state index in [9.17, 15) is 4.79 Å². The van der Waals surface area contributed by atoms with E-state index in [0.29, 0.717) is 24.5 Å². The molecule has 0 radical (unpaired) electrons. The second-order valence-electron chi connectivity index (χ2n) is 6.72. The van der Waals surface area contributed by atoms with Gasteiger partial charge in [-0.2, -0.15) is 0 Å². The molecule has 5 heteroatoms. The van der Waals surface area contributed by atoms with Crippen molar-refractivity contribution in [2.24, 2.45) is 5.92 Å². The minimum absolute atomic E-state index is 0. The predicted octanol–water partition coefficient (Wildman–Crippen LogP) is 1.49. The van der Waals surface area contributed by atoms with E-state index in [0.717, 1.165) is 32.1 Å². The zero-order chi connectivity index (χ0) is 13.2. The number of likely N-dealkylation sites (tertiary alicyclic amines) is 2. The fourth-order valence-electron chi connectivity index (χ4n) is 3.71. The van der Waals surface area contributed by atoms with Gasteiger partial charge in [-0.15, -0.1) is 12.4 Å². The van der Waals surface area contributed by atoms with E-state index in [1.807, 2.05) is 0 Å². The van der Waals surface area contributed by atoms with Crippen molar-refractivity contribution in [3.63, 3.8) is 0 Å². The minimum atomic E-state index is 0. The summed E-state index contributed by atoms with van der Waals surface area (Å²) in [6, 6.07) is 1.34. The number of nitrogens with one attached hydrogen (secondary N) is 1. The van der Waals surface area contributed by atoms with Crippen molar-refractivity contribution < 1.29 is 4.79 Å². The number of nitrogens with zero attached hydrogens (tertiary/aromatic N) is 2. The largest absolute Gasteiger partial charge is 0.342 e. The Morgan fingerprint density at radius 2 is 1.75 bits per heavy atom. The Bertz CT molecular complexity index is 331. The Kier molecular flexibility index (Phi) is 5.70. The van der Waals surface area contributed by atoms with Crippen LogP contribution < -0.4 is 5.32 Å². The first-order valence-corrected chi connectivity index (χ1v) is 7.97. The van der Waals surface area contributed by atoms with Crippen LogP contribution in [0.25, 0.3) is 0 Å². The van der Waals surface area contributed by atoms with Crippen molar-refractivity contribution in [3.05, 3.63) is 0 Å². The molecule has 2 atom stereocenters. The van der Waals surface area contributed by atoms with E-state index in [-0.39, 0.29) is 12.4 Å². The van der Waals surface area contributed by atoms with Gasteiger partial charge in [-0.1, -0.05) is 6.92 Å². The van der Waals surface area contributed by atoms with Crippen LogP contribution in [0.3, 0.4) is 0 Å². The Labute approximate surface area is 128 Å². The molecule has 0 spiro atoms. The molecule has 3 aliphatic rings. The molecule has 3 aliphatic heterocycles.